The Hall–Kier alpha value is -1.81. The van der Waals surface area contributed by atoms with E-state index in [0.29, 0.717) is 12.2 Å². The first-order chi connectivity index (χ1) is 7.63. The fourth-order valence-corrected chi connectivity index (χ4v) is 1.13. The first kappa shape index (κ1) is 15.2. The van der Waals surface area contributed by atoms with E-state index < -0.39 is 0 Å². The number of esters is 1. The molecule has 17 heavy (non-hydrogen) atoms. The number of halogens is 1. The molecule has 0 radical (unpaired) electrons. The minimum atomic E-state index is -0.363. The van der Waals surface area contributed by atoms with Crippen molar-refractivity contribution in [3.05, 3.63) is 41.5 Å². The molecule has 0 bridgehead atoms. The van der Waals surface area contributed by atoms with Crippen LogP contribution in [0.2, 0.25) is 0 Å². The number of nitrogens with two attached hydrogens (primary N) is 1. The summed E-state index contributed by atoms with van der Waals surface area (Å²) >= 11 is 0. The number of carbonyl (C=O) groups excluding carboxylic acids is 1. The van der Waals surface area contributed by atoms with E-state index in [0.717, 1.165) is 5.56 Å². The van der Waals surface area contributed by atoms with Gasteiger partial charge in [-0.2, -0.15) is 0 Å². The van der Waals surface area contributed by atoms with Crippen molar-refractivity contribution in [2.24, 2.45) is 5.73 Å². The Kier molecular flexibility index (Phi) is 6.67. The Bertz CT molecular complexity index is 413. The Labute approximate surface area is 106 Å². The number of hydrogen-bond donors (Lipinski definition) is 2. The normalized spacial score (nSPS) is 9.71. The van der Waals surface area contributed by atoms with Gasteiger partial charge < -0.3 is 10.5 Å². The van der Waals surface area contributed by atoms with Gasteiger partial charge in [-0.25, -0.2) is 4.79 Å². The molecule has 0 aliphatic rings. The van der Waals surface area contributed by atoms with Gasteiger partial charge in [-0.1, -0.05) is 24.3 Å². The fraction of sp³-hybridized carbons (Fsp3) is 0.167. The SMILES string of the molecule is CCOC(=O)/C=C/c1ccc(C(=N)N)cc1.Cl. The van der Waals surface area contributed by atoms with Gasteiger partial charge in [0.2, 0.25) is 0 Å². The quantitative estimate of drug-likeness (QED) is 0.373. The van der Waals surface area contributed by atoms with E-state index in [9.17, 15) is 4.79 Å². The molecule has 0 heterocycles. The van der Waals surface area contributed by atoms with Gasteiger partial charge in [0.25, 0.3) is 0 Å². The minimum Gasteiger partial charge on any atom is -0.463 e. The number of hydrogen-bond acceptors (Lipinski definition) is 3. The molecular formula is C12H15ClN2O2. The number of carbonyl (C=O) groups is 1. The number of nitrogens with one attached hydrogen (secondary N) is 1. The zero-order valence-corrected chi connectivity index (χ0v) is 10.3. The predicted molar refractivity (Wildman–Crippen MR) is 70.4 cm³/mol. The lowest BCUT2D eigenvalue weighted by molar-refractivity contribution is -0.137. The van der Waals surface area contributed by atoms with Crippen molar-refractivity contribution in [1.29, 1.82) is 5.41 Å². The first-order valence-corrected chi connectivity index (χ1v) is 4.92. The summed E-state index contributed by atoms with van der Waals surface area (Å²) in [6.45, 7) is 2.12. The Morgan fingerprint density at radius 2 is 2.00 bits per heavy atom. The second-order valence-corrected chi connectivity index (χ2v) is 3.12. The lowest BCUT2D eigenvalue weighted by atomic mass is 10.1. The summed E-state index contributed by atoms with van der Waals surface area (Å²) in [4.78, 5) is 11.0. The summed E-state index contributed by atoms with van der Waals surface area (Å²) in [5.41, 5.74) is 6.84. The molecule has 0 spiro atoms. The van der Waals surface area contributed by atoms with Crippen molar-refractivity contribution in [2.45, 2.75) is 6.92 Å². The molecule has 92 valence electrons. The van der Waals surface area contributed by atoms with Crippen molar-refractivity contribution in [2.75, 3.05) is 6.61 Å². The molecule has 0 fully saturated rings. The molecule has 0 aromatic heterocycles. The summed E-state index contributed by atoms with van der Waals surface area (Å²) in [6.07, 6.45) is 3.02. The predicted octanol–water partition coefficient (Wildman–Crippen LogP) is 1.97. The average Bonchev–Trinajstić information content (AvgIpc) is 2.27. The fourth-order valence-electron chi connectivity index (χ4n) is 1.13. The molecule has 0 unspecified atom stereocenters. The van der Waals surface area contributed by atoms with Gasteiger partial charge in [0, 0.05) is 11.6 Å². The van der Waals surface area contributed by atoms with E-state index in [-0.39, 0.29) is 24.2 Å². The van der Waals surface area contributed by atoms with Crippen molar-refractivity contribution in [3.63, 3.8) is 0 Å². The third-order valence-corrected chi connectivity index (χ3v) is 1.92. The van der Waals surface area contributed by atoms with Gasteiger partial charge in [0.1, 0.15) is 5.84 Å². The maximum atomic E-state index is 11.0. The molecule has 1 aromatic carbocycles. The van der Waals surface area contributed by atoms with Crippen LogP contribution >= 0.6 is 12.4 Å². The van der Waals surface area contributed by atoms with Crippen molar-refractivity contribution in [1.82, 2.24) is 0 Å². The van der Waals surface area contributed by atoms with Crippen LogP contribution in [-0.2, 0) is 9.53 Å². The lowest BCUT2D eigenvalue weighted by Crippen LogP contribution is -2.10. The summed E-state index contributed by atoms with van der Waals surface area (Å²) < 4.78 is 4.75. The van der Waals surface area contributed by atoms with E-state index >= 15 is 0 Å². The maximum absolute atomic E-state index is 11.0. The Morgan fingerprint density at radius 1 is 1.41 bits per heavy atom. The second kappa shape index (κ2) is 7.46. The smallest absolute Gasteiger partial charge is 0.330 e. The molecule has 1 aromatic rings. The van der Waals surface area contributed by atoms with Crippen molar-refractivity contribution >= 4 is 30.3 Å². The zero-order chi connectivity index (χ0) is 12.0. The molecule has 3 N–H and O–H groups in total. The van der Waals surface area contributed by atoms with E-state index in [1.165, 1.54) is 6.08 Å². The molecule has 1 rings (SSSR count). The van der Waals surface area contributed by atoms with E-state index in [4.69, 9.17) is 15.9 Å². The first-order valence-electron chi connectivity index (χ1n) is 4.92. The molecule has 0 saturated carbocycles. The van der Waals surface area contributed by atoms with Crippen molar-refractivity contribution < 1.29 is 9.53 Å². The average molecular weight is 255 g/mol. The molecule has 0 amide bonds. The van der Waals surface area contributed by atoms with Crippen LogP contribution in [-0.4, -0.2) is 18.4 Å². The topological polar surface area (TPSA) is 76.2 Å². The molecule has 0 aliphatic carbocycles. The Balaban J connectivity index is 0.00000256. The van der Waals surface area contributed by atoms with E-state index in [1.807, 2.05) is 0 Å². The van der Waals surface area contributed by atoms with Crippen LogP contribution < -0.4 is 5.73 Å². The van der Waals surface area contributed by atoms with Crippen LogP contribution in [0.1, 0.15) is 18.1 Å². The highest BCUT2D eigenvalue weighted by molar-refractivity contribution is 5.95. The third kappa shape index (κ3) is 5.17. The van der Waals surface area contributed by atoms with Gasteiger partial charge in [0.05, 0.1) is 6.61 Å². The summed E-state index contributed by atoms with van der Waals surface area (Å²) in [6, 6.07) is 7.03. The van der Waals surface area contributed by atoms with Crippen LogP contribution in [0.3, 0.4) is 0 Å². The van der Waals surface area contributed by atoms with Gasteiger partial charge in [0.15, 0.2) is 0 Å². The number of nitrogen functional groups attached to an aromatic ring is 1. The molecule has 0 saturated heterocycles. The molecule has 4 nitrogen and oxygen atoms in total. The number of benzene rings is 1. The van der Waals surface area contributed by atoms with Crippen LogP contribution in [0.25, 0.3) is 6.08 Å². The van der Waals surface area contributed by atoms with Gasteiger partial charge in [-0.05, 0) is 18.6 Å². The molecule has 0 atom stereocenters. The number of amidine groups is 1. The highest BCUT2D eigenvalue weighted by atomic mass is 35.5. The maximum Gasteiger partial charge on any atom is 0.330 e. The van der Waals surface area contributed by atoms with Gasteiger partial charge >= 0.3 is 5.97 Å². The zero-order valence-electron chi connectivity index (χ0n) is 9.47. The van der Waals surface area contributed by atoms with Crippen LogP contribution in [0.4, 0.5) is 0 Å². The summed E-state index contributed by atoms with van der Waals surface area (Å²) in [7, 11) is 0. The lowest BCUT2D eigenvalue weighted by Gasteiger charge is -1.98. The summed E-state index contributed by atoms with van der Waals surface area (Å²) in [5, 5.41) is 7.22. The minimum absolute atomic E-state index is 0. The van der Waals surface area contributed by atoms with Gasteiger partial charge in [-0.15, -0.1) is 12.4 Å². The molecule has 0 aliphatic heterocycles. The largest absolute Gasteiger partial charge is 0.463 e. The van der Waals surface area contributed by atoms with Gasteiger partial charge in [-0.3, -0.25) is 5.41 Å². The van der Waals surface area contributed by atoms with E-state index in [1.54, 1.807) is 37.3 Å². The second-order valence-electron chi connectivity index (χ2n) is 3.12. The third-order valence-electron chi connectivity index (χ3n) is 1.92. The highest BCUT2D eigenvalue weighted by Crippen LogP contribution is 2.05. The summed E-state index contributed by atoms with van der Waals surface area (Å²) in [5.74, 6) is -0.334. The van der Waals surface area contributed by atoms with Crippen molar-refractivity contribution in [3.8, 4) is 0 Å². The molecule has 5 heteroatoms. The Morgan fingerprint density at radius 3 is 2.47 bits per heavy atom. The van der Waals surface area contributed by atoms with Crippen LogP contribution in [0.15, 0.2) is 30.3 Å². The number of rotatable bonds is 4. The standard InChI is InChI=1S/C12H14N2O2.ClH/c1-2-16-11(15)8-5-9-3-6-10(7-4-9)12(13)14;/h3-8H,2H2,1H3,(H3,13,14);1H/b8-5+;. The van der Waals surface area contributed by atoms with Crippen LogP contribution in [0.5, 0.6) is 0 Å². The van der Waals surface area contributed by atoms with Crippen LogP contribution in [0, 0.1) is 5.41 Å². The van der Waals surface area contributed by atoms with E-state index in [2.05, 4.69) is 0 Å². The number of ether oxygens (including phenoxy) is 1. The highest BCUT2D eigenvalue weighted by Gasteiger charge is 1.96. The monoisotopic (exact) mass is 254 g/mol. The molecular weight excluding hydrogens is 240 g/mol.